The number of hydrogen-bond donors (Lipinski definition) is 1. The minimum absolute atomic E-state index is 0.0595. The molecule has 0 saturated carbocycles. The number of amides is 1. The summed E-state index contributed by atoms with van der Waals surface area (Å²) in [6.45, 7) is 2.70. The molecule has 22 heavy (non-hydrogen) atoms. The Morgan fingerprint density at radius 3 is 2.68 bits per heavy atom. The van der Waals surface area contributed by atoms with Crippen molar-refractivity contribution >= 4 is 16.8 Å². The molecule has 4 nitrogen and oxygen atoms in total. The van der Waals surface area contributed by atoms with Crippen LogP contribution in [0.3, 0.4) is 0 Å². The van der Waals surface area contributed by atoms with E-state index >= 15 is 0 Å². The third kappa shape index (κ3) is 2.81. The molecule has 0 fully saturated rings. The van der Waals surface area contributed by atoms with Crippen LogP contribution in [0.2, 0.25) is 0 Å². The van der Waals surface area contributed by atoms with Gasteiger partial charge in [0.15, 0.2) is 0 Å². The fourth-order valence-electron chi connectivity index (χ4n) is 2.37. The van der Waals surface area contributed by atoms with Crippen LogP contribution < -0.4 is 5.32 Å². The Morgan fingerprint density at radius 1 is 1.14 bits per heavy atom. The standard InChI is InChI=1S/C18H17N3O/c1-2-9-20-18(22)15-12-17(13-7-10-19-11-8-13)21-16-6-4-3-5-14(15)16/h3-8,10-12H,2,9H2,1H3,(H,20,22). The molecule has 3 aromatic rings. The number of aromatic nitrogens is 2. The quantitative estimate of drug-likeness (QED) is 0.801. The first kappa shape index (κ1) is 14.2. The van der Waals surface area contributed by atoms with Gasteiger partial charge in [-0.2, -0.15) is 0 Å². The molecule has 0 aliphatic heterocycles. The molecule has 1 N–H and O–H groups in total. The normalized spacial score (nSPS) is 10.6. The van der Waals surface area contributed by atoms with Gasteiger partial charge in [0, 0.05) is 29.9 Å². The summed E-state index contributed by atoms with van der Waals surface area (Å²) in [4.78, 5) is 21.1. The van der Waals surface area contributed by atoms with Crippen molar-refractivity contribution in [2.45, 2.75) is 13.3 Å². The highest BCUT2D eigenvalue weighted by atomic mass is 16.1. The fraction of sp³-hybridized carbons (Fsp3) is 0.167. The lowest BCUT2D eigenvalue weighted by atomic mass is 10.0. The van der Waals surface area contributed by atoms with Crippen LogP contribution in [0.25, 0.3) is 22.2 Å². The molecule has 2 heterocycles. The van der Waals surface area contributed by atoms with Crippen LogP contribution in [-0.4, -0.2) is 22.4 Å². The van der Waals surface area contributed by atoms with Gasteiger partial charge in [0.2, 0.25) is 0 Å². The Hall–Kier alpha value is -2.75. The number of rotatable bonds is 4. The molecule has 2 aromatic heterocycles. The van der Waals surface area contributed by atoms with Gasteiger partial charge in [0.25, 0.3) is 5.91 Å². The lowest BCUT2D eigenvalue weighted by molar-refractivity contribution is 0.0955. The number of carbonyl (C=O) groups is 1. The van der Waals surface area contributed by atoms with Crippen molar-refractivity contribution in [2.24, 2.45) is 0 Å². The van der Waals surface area contributed by atoms with Crippen LogP contribution in [-0.2, 0) is 0 Å². The van der Waals surface area contributed by atoms with Crippen molar-refractivity contribution in [2.75, 3.05) is 6.54 Å². The van der Waals surface area contributed by atoms with Crippen LogP contribution in [0.1, 0.15) is 23.7 Å². The molecule has 3 rings (SSSR count). The van der Waals surface area contributed by atoms with E-state index in [2.05, 4.69) is 15.3 Å². The van der Waals surface area contributed by atoms with Gasteiger partial charge in [-0.15, -0.1) is 0 Å². The molecule has 0 aliphatic rings. The maximum absolute atomic E-state index is 12.4. The first-order valence-electron chi connectivity index (χ1n) is 7.38. The molecule has 0 unspecified atom stereocenters. The Morgan fingerprint density at radius 2 is 1.91 bits per heavy atom. The van der Waals surface area contributed by atoms with E-state index in [-0.39, 0.29) is 5.91 Å². The second-order valence-electron chi connectivity index (χ2n) is 5.06. The summed E-state index contributed by atoms with van der Waals surface area (Å²) < 4.78 is 0. The number of fused-ring (bicyclic) bond motifs is 1. The predicted molar refractivity (Wildman–Crippen MR) is 87.6 cm³/mol. The molecule has 0 radical (unpaired) electrons. The molecule has 0 aliphatic carbocycles. The summed E-state index contributed by atoms with van der Waals surface area (Å²) in [5.74, 6) is -0.0595. The zero-order valence-corrected chi connectivity index (χ0v) is 12.4. The highest BCUT2D eigenvalue weighted by Crippen LogP contribution is 2.24. The first-order valence-corrected chi connectivity index (χ1v) is 7.38. The van der Waals surface area contributed by atoms with Gasteiger partial charge < -0.3 is 5.32 Å². The van der Waals surface area contributed by atoms with Gasteiger partial charge in [-0.05, 0) is 30.7 Å². The second kappa shape index (κ2) is 6.35. The number of nitrogens with zero attached hydrogens (tertiary/aromatic N) is 2. The van der Waals surface area contributed by atoms with E-state index in [4.69, 9.17) is 0 Å². The van der Waals surface area contributed by atoms with E-state index in [1.807, 2.05) is 49.4 Å². The smallest absolute Gasteiger partial charge is 0.252 e. The van der Waals surface area contributed by atoms with Crippen molar-refractivity contribution in [3.8, 4) is 11.3 Å². The molecule has 0 spiro atoms. The summed E-state index contributed by atoms with van der Waals surface area (Å²) >= 11 is 0. The molecule has 0 saturated heterocycles. The Labute approximate surface area is 129 Å². The lowest BCUT2D eigenvalue weighted by Crippen LogP contribution is -2.24. The molecule has 0 atom stereocenters. The Balaban J connectivity index is 2.14. The third-order valence-electron chi connectivity index (χ3n) is 3.47. The minimum Gasteiger partial charge on any atom is -0.352 e. The number of para-hydroxylation sites is 1. The van der Waals surface area contributed by atoms with E-state index in [1.165, 1.54) is 0 Å². The maximum atomic E-state index is 12.4. The Bertz CT molecular complexity index is 800. The third-order valence-corrected chi connectivity index (χ3v) is 3.47. The molecule has 4 heteroatoms. The zero-order valence-electron chi connectivity index (χ0n) is 12.4. The van der Waals surface area contributed by atoms with Crippen molar-refractivity contribution in [3.05, 3.63) is 60.4 Å². The molecular formula is C18H17N3O. The van der Waals surface area contributed by atoms with E-state index in [0.717, 1.165) is 28.6 Å². The predicted octanol–water partition coefficient (Wildman–Crippen LogP) is 3.44. The minimum atomic E-state index is -0.0595. The summed E-state index contributed by atoms with van der Waals surface area (Å²) in [5, 5.41) is 3.81. The first-order chi connectivity index (χ1) is 10.8. The van der Waals surface area contributed by atoms with Crippen molar-refractivity contribution in [1.29, 1.82) is 0 Å². The largest absolute Gasteiger partial charge is 0.352 e. The van der Waals surface area contributed by atoms with Crippen LogP contribution >= 0.6 is 0 Å². The van der Waals surface area contributed by atoms with Gasteiger partial charge >= 0.3 is 0 Å². The topological polar surface area (TPSA) is 54.9 Å². The average molecular weight is 291 g/mol. The van der Waals surface area contributed by atoms with Gasteiger partial charge in [0.05, 0.1) is 16.8 Å². The van der Waals surface area contributed by atoms with Crippen LogP contribution in [0.4, 0.5) is 0 Å². The van der Waals surface area contributed by atoms with Crippen LogP contribution in [0, 0.1) is 0 Å². The molecular weight excluding hydrogens is 274 g/mol. The van der Waals surface area contributed by atoms with E-state index < -0.39 is 0 Å². The van der Waals surface area contributed by atoms with Crippen molar-refractivity contribution in [1.82, 2.24) is 15.3 Å². The second-order valence-corrected chi connectivity index (χ2v) is 5.06. The number of benzene rings is 1. The fourth-order valence-corrected chi connectivity index (χ4v) is 2.37. The number of nitrogens with one attached hydrogen (secondary N) is 1. The summed E-state index contributed by atoms with van der Waals surface area (Å²) in [6.07, 6.45) is 4.36. The van der Waals surface area contributed by atoms with Crippen LogP contribution in [0.15, 0.2) is 54.9 Å². The van der Waals surface area contributed by atoms with E-state index in [1.54, 1.807) is 12.4 Å². The van der Waals surface area contributed by atoms with E-state index in [9.17, 15) is 4.79 Å². The SMILES string of the molecule is CCCNC(=O)c1cc(-c2ccncc2)nc2ccccc12. The molecule has 1 amide bonds. The number of carbonyl (C=O) groups excluding carboxylic acids is 1. The monoisotopic (exact) mass is 291 g/mol. The van der Waals surface area contributed by atoms with Gasteiger partial charge in [-0.1, -0.05) is 25.1 Å². The molecule has 1 aromatic carbocycles. The highest BCUT2D eigenvalue weighted by Gasteiger charge is 2.13. The summed E-state index contributed by atoms with van der Waals surface area (Å²) in [7, 11) is 0. The zero-order chi connectivity index (χ0) is 15.4. The highest BCUT2D eigenvalue weighted by molar-refractivity contribution is 6.07. The molecule has 0 bridgehead atoms. The average Bonchev–Trinajstić information content (AvgIpc) is 2.59. The number of hydrogen-bond acceptors (Lipinski definition) is 3. The summed E-state index contributed by atoms with van der Waals surface area (Å²) in [6, 6.07) is 13.3. The molecule has 110 valence electrons. The Kier molecular flexibility index (Phi) is 4.10. The van der Waals surface area contributed by atoms with E-state index in [0.29, 0.717) is 12.1 Å². The number of pyridine rings is 2. The summed E-state index contributed by atoms with van der Waals surface area (Å²) in [5.41, 5.74) is 3.21. The van der Waals surface area contributed by atoms with Crippen molar-refractivity contribution in [3.63, 3.8) is 0 Å². The van der Waals surface area contributed by atoms with Crippen LogP contribution in [0.5, 0.6) is 0 Å². The van der Waals surface area contributed by atoms with Gasteiger partial charge in [0.1, 0.15) is 0 Å². The van der Waals surface area contributed by atoms with Gasteiger partial charge in [-0.3, -0.25) is 9.78 Å². The van der Waals surface area contributed by atoms with Crippen molar-refractivity contribution < 1.29 is 4.79 Å². The maximum Gasteiger partial charge on any atom is 0.252 e. The lowest BCUT2D eigenvalue weighted by Gasteiger charge is -2.10. The van der Waals surface area contributed by atoms with Gasteiger partial charge in [-0.25, -0.2) is 4.98 Å².